The lowest BCUT2D eigenvalue weighted by atomic mass is 9.79. The lowest BCUT2D eigenvalue weighted by Gasteiger charge is -2.39. The normalized spacial score (nSPS) is 19.2. The number of alkyl halides is 3. The number of halogens is 4. The van der Waals surface area contributed by atoms with E-state index >= 15 is 0 Å². The molecule has 3 aliphatic heterocycles. The Labute approximate surface area is 298 Å². The minimum Gasteiger partial charge on any atom is -0.397 e. The Hall–Kier alpha value is -4.10. The second-order valence-corrected chi connectivity index (χ2v) is 14.7. The molecule has 0 radical (unpaired) electrons. The number of para-hydroxylation sites is 1. The van der Waals surface area contributed by atoms with Gasteiger partial charge in [0.1, 0.15) is 0 Å². The third-order valence-electron chi connectivity index (χ3n) is 11.3. The third kappa shape index (κ3) is 7.32. The fourth-order valence-electron chi connectivity index (χ4n) is 8.52. The summed E-state index contributed by atoms with van der Waals surface area (Å²) >= 11 is 6.16. The molecule has 4 N–H and O–H groups in total. The molecule has 0 aliphatic carbocycles. The van der Waals surface area contributed by atoms with E-state index in [0.29, 0.717) is 56.4 Å². The summed E-state index contributed by atoms with van der Waals surface area (Å²) in [7, 11) is 0. The van der Waals surface area contributed by atoms with Crippen molar-refractivity contribution in [2.24, 2.45) is 17.8 Å². The molecular weight excluding hydrogens is 683 g/mol. The largest absolute Gasteiger partial charge is 0.418 e. The lowest BCUT2D eigenvalue weighted by Crippen LogP contribution is -2.46. The molecule has 1 atom stereocenters. The number of H-pyrrole nitrogens is 1. The first kappa shape index (κ1) is 35.3. The number of imidazole rings is 1. The van der Waals surface area contributed by atoms with Crippen molar-refractivity contribution in [3.63, 3.8) is 0 Å². The molecule has 2 aromatic carbocycles. The maximum atomic E-state index is 14.1. The first-order valence-corrected chi connectivity index (χ1v) is 18.3. The highest BCUT2D eigenvalue weighted by Crippen LogP contribution is 2.39. The number of nitrogens with zero attached hydrogens (tertiary/aromatic N) is 4. The summed E-state index contributed by atoms with van der Waals surface area (Å²) in [6.45, 7) is 3.87. The van der Waals surface area contributed by atoms with Gasteiger partial charge >= 0.3 is 11.9 Å². The number of anilines is 1. The van der Waals surface area contributed by atoms with Gasteiger partial charge in [0.05, 0.1) is 44.9 Å². The minimum atomic E-state index is -4.73. The van der Waals surface area contributed by atoms with E-state index in [0.717, 1.165) is 61.3 Å². The highest BCUT2D eigenvalue weighted by molar-refractivity contribution is 6.33. The number of aromatic nitrogens is 3. The molecule has 3 saturated heterocycles. The fraction of sp³-hybridized carbons (Fsp3) is 0.514. The maximum Gasteiger partial charge on any atom is 0.418 e. The van der Waals surface area contributed by atoms with Crippen LogP contribution in [0, 0.1) is 17.8 Å². The van der Waals surface area contributed by atoms with Crippen molar-refractivity contribution >= 4 is 51.0 Å². The molecule has 0 bridgehead atoms. The van der Waals surface area contributed by atoms with Crippen molar-refractivity contribution in [1.29, 1.82) is 0 Å². The fourth-order valence-corrected chi connectivity index (χ4v) is 8.76. The van der Waals surface area contributed by atoms with Crippen LogP contribution in [0.2, 0.25) is 5.02 Å². The van der Waals surface area contributed by atoms with Crippen molar-refractivity contribution in [1.82, 2.24) is 29.7 Å². The van der Waals surface area contributed by atoms with Gasteiger partial charge in [-0.25, -0.2) is 4.79 Å². The number of fused-ring (bicyclic) bond motifs is 3. The van der Waals surface area contributed by atoms with E-state index < -0.39 is 23.3 Å². The zero-order valence-corrected chi connectivity index (χ0v) is 29.1. The van der Waals surface area contributed by atoms with Gasteiger partial charge in [-0.15, -0.1) is 0 Å². The van der Waals surface area contributed by atoms with E-state index in [1.54, 1.807) is 20.6 Å². The van der Waals surface area contributed by atoms with E-state index in [4.69, 9.17) is 17.3 Å². The van der Waals surface area contributed by atoms with Gasteiger partial charge in [0.2, 0.25) is 11.8 Å². The summed E-state index contributed by atoms with van der Waals surface area (Å²) in [6, 6.07) is 9.75. The summed E-state index contributed by atoms with van der Waals surface area (Å²) in [5.74, 6) is -0.192. The second kappa shape index (κ2) is 14.5. The molecule has 3 fully saturated rings. The Bertz CT molecular complexity index is 1970. The Morgan fingerprint density at radius 3 is 2.33 bits per heavy atom. The number of benzene rings is 2. The molecule has 7 rings (SSSR count). The molecule has 2 amide bonds. The number of nitrogens with two attached hydrogens (primary N) is 1. The van der Waals surface area contributed by atoms with Crippen molar-refractivity contribution in [3.05, 3.63) is 69.2 Å². The van der Waals surface area contributed by atoms with Crippen molar-refractivity contribution in [3.8, 4) is 0 Å². The average Bonchev–Trinajstić information content (AvgIpc) is 3.48. The molecule has 0 saturated carbocycles. The average molecular weight is 726 g/mol. The lowest BCUT2D eigenvalue weighted by molar-refractivity contribution is -0.143. The first-order chi connectivity index (χ1) is 24.5. The number of hydrogen-bond donors (Lipinski definition) is 3. The quantitative estimate of drug-likeness (QED) is 0.207. The van der Waals surface area contributed by atoms with E-state index in [1.165, 1.54) is 6.07 Å². The third-order valence-corrected chi connectivity index (χ3v) is 11.6. The predicted molar refractivity (Wildman–Crippen MR) is 190 cm³/mol. The summed E-state index contributed by atoms with van der Waals surface area (Å²) < 4.78 is 43.3. The Balaban J connectivity index is 1.07. The molecule has 14 heteroatoms. The number of aromatic amines is 1. The number of likely N-dealkylation sites (tertiary alicyclic amines) is 2. The topological polar surface area (TPSA) is 129 Å². The van der Waals surface area contributed by atoms with Gasteiger partial charge in [-0.05, 0) is 93.6 Å². The highest BCUT2D eigenvalue weighted by atomic mass is 35.5. The van der Waals surface area contributed by atoms with Crippen LogP contribution in [-0.2, 0) is 22.2 Å². The van der Waals surface area contributed by atoms with Crippen molar-refractivity contribution in [2.75, 3.05) is 45.0 Å². The maximum absolute atomic E-state index is 14.1. The predicted octanol–water partition coefficient (Wildman–Crippen LogP) is 5.78. The van der Waals surface area contributed by atoms with Gasteiger partial charge in [0.15, 0.2) is 0 Å². The van der Waals surface area contributed by atoms with Crippen LogP contribution in [0.4, 0.5) is 18.9 Å². The SMILES string of the molecule is Nc1c(Cl)cc(C[C@@H](CC(=O)N2CCC(n3c(=O)[nH]c4c5ccccc5ncc43)CC2)C(=O)N2CCC(C3CCNCC3)CC2)cc1C(F)(F)F. The Morgan fingerprint density at radius 1 is 0.961 bits per heavy atom. The monoisotopic (exact) mass is 725 g/mol. The summed E-state index contributed by atoms with van der Waals surface area (Å²) in [6.07, 6.45) is 1.77. The van der Waals surface area contributed by atoms with Crippen molar-refractivity contribution < 1.29 is 22.8 Å². The van der Waals surface area contributed by atoms with Crippen LogP contribution in [0.25, 0.3) is 21.9 Å². The Morgan fingerprint density at radius 2 is 1.63 bits per heavy atom. The van der Waals surface area contributed by atoms with Crippen LogP contribution in [-0.4, -0.2) is 75.4 Å². The summed E-state index contributed by atoms with van der Waals surface area (Å²) in [5, 5.41) is 4.02. The standard InChI is InChI=1S/C37H43ClF3N7O3/c38-29-19-22(18-28(33(29)42)37(39,40)41)17-25(35(50)47-13-7-24(8-14-47)23-5-11-43-12-6-23)20-32(49)46-15-9-26(10-16-46)48-31-21-44-30-4-2-1-3-27(30)34(31)45-36(48)51/h1-4,18-19,21,23-26,43H,5-17,20,42H2,(H,45,51)/t25-/m0/s1. The molecule has 0 unspecified atom stereocenters. The number of carbonyl (C=O) groups excluding carboxylic acids is 2. The van der Waals surface area contributed by atoms with Crippen LogP contribution >= 0.6 is 11.6 Å². The number of nitrogens with one attached hydrogen (secondary N) is 2. The molecular formula is C37H43ClF3N7O3. The van der Waals surface area contributed by atoms with Crippen LogP contribution in [0.15, 0.2) is 47.4 Å². The number of rotatable bonds is 7. The molecule has 4 aromatic rings. The van der Waals surface area contributed by atoms with E-state index in [-0.39, 0.29) is 47.0 Å². The van der Waals surface area contributed by atoms with Crippen LogP contribution in [0.1, 0.15) is 62.1 Å². The number of piperidine rings is 3. The van der Waals surface area contributed by atoms with Crippen LogP contribution < -0.4 is 16.7 Å². The molecule has 272 valence electrons. The molecule has 2 aromatic heterocycles. The number of carbonyl (C=O) groups is 2. The zero-order valence-electron chi connectivity index (χ0n) is 28.4. The van der Waals surface area contributed by atoms with Crippen molar-refractivity contribution in [2.45, 2.75) is 63.6 Å². The molecule has 3 aliphatic rings. The minimum absolute atomic E-state index is 0.0793. The van der Waals surface area contributed by atoms with Crippen LogP contribution in [0.3, 0.4) is 0 Å². The molecule has 5 heterocycles. The number of pyridine rings is 1. The zero-order chi connectivity index (χ0) is 35.9. The van der Waals surface area contributed by atoms with Gasteiger partial charge in [-0.3, -0.25) is 19.1 Å². The number of amides is 2. The van der Waals surface area contributed by atoms with Crippen LogP contribution in [0.5, 0.6) is 0 Å². The highest BCUT2D eigenvalue weighted by Gasteiger charge is 2.37. The molecule has 0 spiro atoms. The first-order valence-electron chi connectivity index (χ1n) is 17.9. The number of hydrogen-bond acceptors (Lipinski definition) is 6. The summed E-state index contributed by atoms with van der Waals surface area (Å²) in [5.41, 5.74) is 6.26. The van der Waals surface area contributed by atoms with Gasteiger partial charge in [-0.2, -0.15) is 13.2 Å². The molecule has 10 nitrogen and oxygen atoms in total. The van der Waals surface area contributed by atoms with Gasteiger partial charge in [0, 0.05) is 44.0 Å². The molecule has 51 heavy (non-hydrogen) atoms. The Kier molecular flexibility index (Phi) is 10.0. The summed E-state index contributed by atoms with van der Waals surface area (Å²) in [4.78, 5) is 52.1. The van der Waals surface area contributed by atoms with E-state index in [2.05, 4.69) is 15.3 Å². The van der Waals surface area contributed by atoms with E-state index in [9.17, 15) is 27.6 Å². The van der Waals surface area contributed by atoms with Gasteiger partial charge < -0.3 is 25.8 Å². The smallest absolute Gasteiger partial charge is 0.397 e. The van der Waals surface area contributed by atoms with Gasteiger partial charge in [0.25, 0.3) is 0 Å². The second-order valence-electron chi connectivity index (χ2n) is 14.3. The van der Waals surface area contributed by atoms with Gasteiger partial charge in [-0.1, -0.05) is 29.8 Å². The number of nitrogen functional groups attached to an aromatic ring is 1. The van der Waals surface area contributed by atoms with E-state index in [1.807, 2.05) is 24.3 Å².